The molecule has 88 valence electrons. The molecular weight excluding hydrogens is 284 g/mol. The molecule has 0 saturated carbocycles. The molecule has 1 aromatic heterocycles. The molecule has 0 spiro atoms. The van der Waals surface area contributed by atoms with Crippen LogP contribution in [0.3, 0.4) is 0 Å². The third-order valence-electron chi connectivity index (χ3n) is 2.07. The number of hydrogen-bond acceptors (Lipinski definition) is 3. The Kier molecular flexibility index (Phi) is 3.76. The van der Waals surface area contributed by atoms with E-state index in [0.29, 0.717) is 16.3 Å². The van der Waals surface area contributed by atoms with Gasteiger partial charge in [0.15, 0.2) is 5.78 Å². The first-order chi connectivity index (χ1) is 8.11. The highest BCUT2D eigenvalue weighted by Crippen LogP contribution is 2.30. The molecule has 0 radical (unpaired) electrons. The minimum Gasteiger partial charge on any atom is -0.291 e. The molecule has 2 aromatic rings. The second-order valence-electron chi connectivity index (χ2n) is 3.22. The van der Waals surface area contributed by atoms with E-state index in [1.807, 2.05) is 0 Å². The van der Waals surface area contributed by atoms with Gasteiger partial charge in [0.05, 0.1) is 10.9 Å². The summed E-state index contributed by atoms with van der Waals surface area (Å²) in [5.41, 5.74) is 0.909. The standard InChI is InChI=1S/C11H6Cl2FNOS/c12-4-10(16)9-5-17-11(15-9)7-2-1-6(14)3-8(7)13/h1-3,5H,4H2. The van der Waals surface area contributed by atoms with Crippen molar-refractivity contribution in [1.29, 1.82) is 0 Å². The lowest BCUT2D eigenvalue weighted by atomic mass is 10.2. The Hall–Kier alpha value is -0.970. The number of Topliss-reactive ketones (excluding diaryl/α,β-unsaturated/α-hetero) is 1. The number of aromatic nitrogens is 1. The van der Waals surface area contributed by atoms with Crippen LogP contribution in [0.5, 0.6) is 0 Å². The molecule has 1 heterocycles. The van der Waals surface area contributed by atoms with Crippen molar-refractivity contribution in [2.45, 2.75) is 0 Å². The molecule has 17 heavy (non-hydrogen) atoms. The van der Waals surface area contributed by atoms with Crippen LogP contribution in [0.2, 0.25) is 5.02 Å². The maximum atomic E-state index is 12.9. The van der Waals surface area contributed by atoms with Crippen molar-refractivity contribution in [3.8, 4) is 10.6 Å². The van der Waals surface area contributed by atoms with Crippen molar-refractivity contribution in [3.63, 3.8) is 0 Å². The Bertz CT molecular complexity index is 570. The zero-order valence-electron chi connectivity index (χ0n) is 8.41. The molecule has 0 N–H and O–H groups in total. The molecule has 0 saturated heterocycles. The lowest BCUT2D eigenvalue weighted by molar-refractivity contribution is 0.101. The summed E-state index contributed by atoms with van der Waals surface area (Å²) in [4.78, 5) is 15.4. The molecule has 0 unspecified atom stereocenters. The number of carbonyl (C=O) groups excluding carboxylic acids is 1. The molecule has 0 atom stereocenters. The van der Waals surface area contributed by atoms with Gasteiger partial charge >= 0.3 is 0 Å². The van der Waals surface area contributed by atoms with Crippen LogP contribution in [0.4, 0.5) is 4.39 Å². The number of halogens is 3. The summed E-state index contributed by atoms with van der Waals surface area (Å²) in [5, 5.41) is 2.45. The minimum absolute atomic E-state index is 0.111. The van der Waals surface area contributed by atoms with Crippen molar-refractivity contribution in [2.24, 2.45) is 0 Å². The molecule has 6 heteroatoms. The smallest absolute Gasteiger partial charge is 0.196 e. The molecule has 0 fully saturated rings. The predicted octanol–water partition coefficient (Wildman–Crippen LogP) is 4.02. The number of alkyl halides is 1. The number of hydrogen-bond donors (Lipinski definition) is 0. The van der Waals surface area contributed by atoms with E-state index in [1.54, 1.807) is 5.38 Å². The fourth-order valence-electron chi connectivity index (χ4n) is 1.26. The Morgan fingerprint density at radius 1 is 1.47 bits per heavy atom. The van der Waals surface area contributed by atoms with Crippen LogP contribution in [-0.4, -0.2) is 16.6 Å². The maximum absolute atomic E-state index is 12.9. The van der Waals surface area contributed by atoms with E-state index in [2.05, 4.69) is 4.98 Å². The van der Waals surface area contributed by atoms with Gasteiger partial charge in [-0.25, -0.2) is 9.37 Å². The first-order valence-corrected chi connectivity index (χ1v) is 6.41. The van der Waals surface area contributed by atoms with Crippen molar-refractivity contribution in [2.75, 3.05) is 5.88 Å². The molecule has 2 nitrogen and oxygen atoms in total. The number of ketones is 1. The third-order valence-corrected chi connectivity index (χ3v) is 3.50. The molecule has 2 rings (SSSR count). The Balaban J connectivity index is 2.40. The summed E-state index contributed by atoms with van der Waals surface area (Å²) >= 11 is 12.6. The lowest BCUT2D eigenvalue weighted by Gasteiger charge is -1.99. The van der Waals surface area contributed by atoms with Crippen molar-refractivity contribution in [1.82, 2.24) is 4.98 Å². The topological polar surface area (TPSA) is 30.0 Å². The van der Waals surface area contributed by atoms with Crippen LogP contribution in [0, 0.1) is 5.82 Å². The van der Waals surface area contributed by atoms with Gasteiger partial charge in [-0.05, 0) is 18.2 Å². The van der Waals surface area contributed by atoms with Gasteiger partial charge in [0, 0.05) is 10.9 Å². The summed E-state index contributed by atoms with van der Waals surface area (Å²) in [6, 6.07) is 4.04. The average molecular weight is 290 g/mol. The van der Waals surface area contributed by atoms with Crippen LogP contribution in [0.15, 0.2) is 23.6 Å². The summed E-state index contributed by atoms with van der Waals surface area (Å²) in [7, 11) is 0. The van der Waals surface area contributed by atoms with Crippen LogP contribution >= 0.6 is 34.5 Å². The number of nitrogens with zero attached hydrogens (tertiary/aromatic N) is 1. The van der Waals surface area contributed by atoms with Crippen molar-refractivity contribution < 1.29 is 9.18 Å². The van der Waals surface area contributed by atoms with E-state index >= 15 is 0 Å². The molecule has 0 amide bonds. The van der Waals surface area contributed by atoms with Crippen LogP contribution < -0.4 is 0 Å². The number of benzene rings is 1. The highest BCUT2D eigenvalue weighted by Gasteiger charge is 2.13. The normalized spacial score (nSPS) is 10.5. The predicted molar refractivity (Wildman–Crippen MR) is 67.6 cm³/mol. The summed E-state index contributed by atoms with van der Waals surface area (Å²) in [6.45, 7) is 0. The monoisotopic (exact) mass is 289 g/mol. The molecule has 1 aromatic carbocycles. The highest BCUT2D eigenvalue weighted by atomic mass is 35.5. The van der Waals surface area contributed by atoms with Gasteiger partial charge in [-0.2, -0.15) is 0 Å². The molecule has 0 bridgehead atoms. The lowest BCUT2D eigenvalue weighted by Crippen LogP contribution is -2.00. The summed E-state index contributed by atoms with van der Waals surface area (Å²) in [5.74, 6) is -0.764. The zero-order valence-corrected chi connectivity index (χ0v) is 10.7. The van der Waals surface area contributed by atoms with Gasteiger partial charge in [0.2, 0.25) is 0 Å². The van der Waals surface area contributed by atoms with Gasteiger partial charge < -0.3 is 0 Å². The van der Waals surface area contributed by atoms with Crippen molar-refractivity contribution in [3.05, 3.63) is 40.1 Å². The fraction of sp³-hybridized carbons (Fsp3) is 0.0909. The second-order valence-corrected chi connectivity index (χ2v) is 4.75. The van der Waals surface area contributed by atoms with Crippen LogP contribution in [0.1, 0.15) is 10.5 Å². The fourth-order valence-corrected chi connectivity index (χ4v) is 2.57. The van der Waals surface area contributed by atoms with Gasteiger partial charge in [0.1, 0.15) is 16.5 Å². The van der Waals surface area contributed by atoms with E-state index < -0.39 is 5.82 Å². The minimum atomic E-state index is -0.410. The summed E-state index contributed by atoms with van der Waals surface area (Å²) in [6.07, 6.45) is 0. The van der Waals surface area contributed by atoms with E-state index in [0.717, 1.165) is 0 Å². The molecule has 0 aliphatic carbocycles. The zero-order chi connectivity index (χ0) is 12.4. The first kappa shape index (κ1) is 12.5. The maximum Gasteiger partial charge on any atom is 0.196 e. The van der Waals surface area contributed by atoms with E-state index in [-0.39, 0.29) is 16.7 Å². The van der Waals surface area contributed by atoms with Crippen molar-refractivity contribution >= 4 is 40.3 Å². The average Bonchev–Trinajstić information content (AvgIpc) is 2.77. The third kappa shape index (κ3) is 2.65. The SMILES string of the molecule is O=C(CCl)c1csc(-c2ccc(F)cc2Cl)n1. The van der Waals surface area contributed by atoms with Crippen LogP contribution in [0.25, 0.3) is 10.6 Å². The number of thiazole rings is 1. The second kappa shape index (κ2) is 5.12. The van der Waals surface area contributed by atoms with Crippen LogP contribution in [-0.2, 0) is 0 Å². The highest BCUT2D eigenvalue weighted by molar-refractivity contribution is 7.13. The van der Waals surface area contributed by atoms with E-state index in [4.69, 9.17) is 23.2 Å². The summed E-state index contributed by atoms with van der Waals surface area (Å²) < 4.78 is 12.9. The first-order valence-electron chi connectivity index (χ1n) is 4.62. The Labute approximate surface area is 111 Å². The van der Waals surface area contributed by atoms with Gasteiger partial charge in [-0.1, -0.05) is 11.6 Å². The van der Waals surface area contributed by atoms with Gasteiger partial charge in [-0.3, -0.25) is 4.79 Å². The number of carbonyl (C=O) groups is 1. The van der Waals surface area contributed by atoms with Gasteiger partial charge in [0.25, 0.3) is 0 Å². The Morgan fingerprint density at radius 3 is 2.88 bits per heavy atom. The molecule has 0 aliphatic rings. The van der Waals surface area contributed by atoms with E-state index in [9.17, 15) is 9.18 Å². The Morgan fingerprint density at radius 2 is 2.24 bits per heavy atom. The van der Waals surface area contributed by atoms with E-state index in [1.165, 1.54) is 29.5 Å². The quantitative estimate of drug-likeness (QED) is 0.631. The molecular formula is C11H6Cl2FNOS. The van der Waals surface area contributed by atoms with Gasteiger partial charge in [-0.15, -0.1) is 22.9 Å². The molecule has 0 aliphatic heterocycles. The number of rotatable bonds is 3. The largest absolute Gasteiger partial charge is 0.291 e.